The molecule has 1 aromatic carbocycles. The van der Waals surface area contributed by atoms with Gasteiger partial charge in [0.25, 0.3) is 0 Å². The molecule has 1 unspecified atom stereocenters. The Hall–Kier alpha value is -1.10. The lowest BCUT2D eigenvalue weighted by Crippen LogP contribution is -2.13. The van der Waals surface area contributed by atoms with E-state index in [1.165, 1.54) is 5.56 Å². The predicted molar refractivity (Wildman–Crippen MR) is 76.6 cm³/mol. The van der Waals surface area contributed by atoms with Gasteiger partial charge < -0.3 is 19.5 Å². The number of rotatable bonds is 9. The summed E-state index contributed by atoms with van der Waals surface area (Å²) in [7, 11) is 3.63. The van der Waals surface area contributed by atoms with Crippen molar-refractivity contribution in [2.24, 2.45) is 0 Å². The van der Waals surface area contributed by atoms with Gasteiger partial charge in [0.2, 0.25) is 0 Å². The van der Waals surface area contributed by atoms with Gasteiger partial charge in [-0.1, -0.05) is 6.07 Å². The first-order valence-electron chi connectivity index (χ1n) is 6.72. The molecule has 108 valence electrons. The Morgan fingerprint density at radius 1 is 1.21 bits per heavy atom. The van der Waals surface area contributed by atoms with E-state index in [0.717, 1.165) is 17.9 Å². The van der Waals surface area contributed by atoms with Crippen molar-refractivity contribution in [3.8, 4) is 5.75 Å². The van der Waals surface area contributed by atoms with E-state index in [1.807, 2.05) is 20.0 Å². The van der Waals surface area contributed by atoms with Crippen LogP contribution in [0.5, 0.6) is 5.75 Å². The zero-order valence-corrected chi connectivity index (χ0v) is 12.4. The van der Waals surface area contributed by atoms with Crippen LogP contribution in [-0.4, -0.2) is 34.0 Å². The monoisotopic (exact) mass is 267 g/mol. The van der Waals surface area contributed by atoms with Crippen LogP contribution in [0.4, 0.5) is 0 Å². The molecular weight excluding hydrogens is 242 g/mol. The number of benzene rings is 1. The second-order valence-corrected chi connectivity index (χ2v) is 4.33. The second-order valence-electron chi connectivity index (χ2n) is 4.33. The Kier molecular flexibility index (Phi) is 7.48. The summed E-state index contributed by atoms with van der Waals surface area (Å²) < 4.78 is 16.2. The number of methoxy groups -OCH3 is 1. The molecule has 1 atom stereocenters. The van der Waals surface area contributed by atoms with Crippen LogP contribution in [0.1, 0.15) is 31.0 Å². The van der Waals surface area contributed by atoms with Gasteiger partial charge in [0.05, 0.1) is 26.9 Å². The highest BCUT2D eigenvalue weighted by Gasteiger charge is 2.08. The largest absolute Gasteiger partial charge is 0.496 e. The van der Waals surface area contributed by atoms with E-state index < -0.39 is 0 Å². The molecule has 1 aromatic rings. The van der Waals surface area contributed by atoms with E-state index in [2.05, 4.69) is 24.4 Å². The zero-order chi connectivity index (χ0) is 14.1. The van der Waals surface area contributed by atoms with Crippen molar-refractivity contribution >= 4 is 0 Å². The van der Waals surface area contributed by atoms with Crippen LogP contribution in [0.3, 0.4) is 0 Å². The Balaban J connectivity index is 2.62. The third kappa shape index (κ3) is 5.19. The molecule has 1 rings (SSSR count). The minimum absolute atomic E-state index is 0.313. The maximum absolute atomic E-state index is 5.61. The van der Waals surface area contributed by atoms with Crippen molar-refractivity contribution in [1.29, 1.82) is 0 Å². The van der Waals surface area contributed by atoms with E-state index in [0.29, 0.717) is 25.9 Å². The van der Waals surface area contributed by atoms with E-state index in [4.69, 9.17) is 14.2 Å². The van der Waals surface area contributed by atoms with Gasteiger partial charge in [-0.25, -0.2) is 0 Å². The Labute approximate surface area is 116 Å². The molecule has 0 radical (unpaired) electrons. The minimum Gasteiger partial charge on any atom is -0.496 e. The first-order chi connectivity index (χ1) is 9.22. The van der Waals surface area contributed by atoms with Crippen LogP contribution in [-0.2, 0) is 16.1 Å². The van der Waals surface area contributed by atoms with Gasteiger partial charge in [0.1, 0.15) is 5.75 Å². The highest BCUT2D eigenvalue weighted by molar-refractivity contribution is 5.38. The van der Waals surface area contributed by atoms with Gasteiger partial charge in [-0.3, -0.25) is 0 Å². The fraction of sp³-hybridized carbons (Fsp3) is 0.600. The number of ether oxygens (including phenoxy) is 3. The molecule has 0 aliphatic carbocycles. The number of hydrogen-bond donors (Lipinski definition) is 1. The van der Waals surface area contributed by atoms with Crippen molar-refractivity contribution in [3.05, 3.63) is 29.3 Å². The first kappa shape index (κ1) is 16.0. The summed E-state index contributed by atoms with van der Waals surface area (Å²) in [5.41, 5.74) is 2.30. The molecule has 0 amide bonds. The number of hydrogen-bond acceptors (Lipinski definition) is 4. The Morgan fingerprint density at radius 2 is 1.95 bits per heavy atom. The molecule has 0 spiro atoms. The standard InChI is InChI=1S/C15H25NO3/c1-5-18-8-9-19-11-14-10-13(12(2)16-3)6-7-15(14)17-4/h6-7,10,12,16H,5,8-9,11H2,1-4H3. The van der Waals surface area contributed by atoms with Crippen LogP contribution in [0.2, 0.25) is 0 Å². The third-order valence-corrected chi connectivity index (χ3v) is 3.07. The van der Waals surface area contributed by atoms with E-state index in [9.17, 15) is 0 Å². The summed E-state index contributed by atoms with van der Waals surface area (Å²) in [4.78, 5) is 0. The highest BCUT2D eigenvalue weighted by atomic mass is 16.5. The molecule has 0 bridgehead atoms. The average Bonchev–Trinajstić information content (AvgIpc) is 2.46. The molecule has 0 fully saturated rings. The summed E-state index contributed by atoms with van der Waals surface area (Å²) in [5.74, 6) is 0.864. The summed E-state index contributed by atoms with van der Waals surface area (Å²) in [5, 5.41) is 3.23. The summed E-state index contributed by atoms with van der Waals surface area (Å²) in [6, 6.07) is 6.50. The third-order valence-electron chi connectivity index (χ3n) is 3.07. The van der Waals surface area contributed by atoms with E-state index in [1.54, 1.807) is 7.11 Å². The molecule has 0 saturated carbocycles. The van der Waals surface area contributed by atoms with Crippen LogP contribution in [0.25, 0.3) is 0 Å². The van der Waals surface area contributed by atoms with Gasteiger partial charge >= 0.3 is 0 Å². The normalized spacial score (nSPS) is 12.4. The number of nitrogens with one attached hydrogen (secondary N) is 1. The summed E-state index contributed by atoms with van der Waals surface area (Å²) >= 11 is 0. The van der Waals surface area contributed by atoms with Crippen molar-refractivity contribution in [2.75, 3.05) is 34.0 Å². The Bertz CT molecular complexity index is 368. The maximum atomic E-state index is 5.61. The highest BCUT2D eigenvalue weighted by Crippen LogP contribution is 2.23. The molecule has 0 aromatic heterocycles. The van der Waals surface area contributed by atoms with E-state index in [-0.39, 0.29) is 0 Å². The Morgan fingerprint density at radius 3 is 2.58 bits per heavy atom. The fourth-order valence-corrected chi connectivity index (χ4v) is 1.79. The smallest absolute Gasteiger partial charge is 0.124 e. The van der Waals surface area contributed by atoms with Gasteiger partial charge in [-0.2, -0.15) is 0 Å². The molecule has 0 saturated heterocycles. The maximum Gasteiger partial charge on any atom is 0.124 e. The lowest BCUT2D eigenvalue weighted by molar-refractivity contribution is 0.0446. The van der Waals surface area contributed by atoms with Crippen molar-refractivity contribution in [2.45, 2.75) is 26.5 Å². The van der Waals surface area contributed by atoms with Gasteiger partial charge in [-0.05, 0) is 38.6 Å². The molecule has 19 heavy (non-hydrogen) atoms. The molecule has 0 aliphatic heterocycles. The zero-order valence-electron chi connectivity index (χ0n) is 12.4. The average molecular weight is 267 g/mol. The lowest BCUT2D eigenvalue weighted by Gasteiger charge is -2.15. The van der Waals surface area contributed by atoms with Crippen molar-refractivity contribution < 1.29 is 14.2 Å². The SMILES string of the molecule is CCOCCOCc1cc(C(C)NC)ccc1OC. The van der Waals surface area contributed by atoms with Crippen LogP contribution in [0, 0.1) is 0 Å². The molecule has 4 heteroatoms. The molecule has 0 heterocycles. The van der Waals surface area contributed by atoms with E-state index >= 15 is 0 Å². The summed E-state index contributed by atoms with van der Waals surface area (Å²) in [6.07, 6.45) is 0. The lowest BCUT2D eigenvalue weighted by atomic mass is 10.0. The molecule has 0 aliphatic rings. The van der Waals surface area contributed by atoms with Gasteiger partial charge in [0.15, 0.2) is 0 Å². The van der Waals surface area contributed by atoms with Gasteiger partial charge in [-0.15, -0.1) is 0 Å². The quantitative estimate of drug-likeness (QED) is 0.698. The minimum atomic E-state index is 0.313. The topological polar surface area (TPSA) is 39.7 Å². The second kappa shape index (κ2) is 8.91. The van der Waals surface area contributed by atoms with Gasteiger partial charge in [0, 0.05) is 18.2 Å². The first-order valence-corrected chi connectivity index (χ1v) is 6.72. The summed E-state index contributed by atoms with van der Waals surface area (Å²) in [6.45, 7) is 6.60. The van der Waals surface area contributed by atoms with Crippen molar-refractivity contribution in [3.63, 3.8) is 0 Å². The molecule has 4 nitrogen and oxygen atoms in total. The predicted octanol–water partition coefficient (Wildman–Crippen LogP) is 2.53. The molecule has 1 N–H and O–H groups in total. The molecular formula is C15H25NO3. The van der Waals surface area contributed by atoms with Crippen LogP contribution >= 0.6 is 0 Å². The van der Waals surface area contributed by atoms with Crippen LogP contribution in [0.15, 0.2) is 18.2 Å². The van der Waals surface area contributed by atoms with Crippen molar-refractivity contribution in [1.82, 2.24) is 5.32 Å². The fourth-order valence-electron chi connectivity index (χ4n) is 1.79. The van der Waals surface area contributed by atoms with Crippen LogP contribution < -0.4 is 10.1 Å².